The fourth-order valence-corrected chi connectivity index (χ4v) is 2.37. The SMILES string of the molecule is Cn1c2ccccc2c2ncnc(CCN)c21. The van der Waals surface area contributed by atoms with Crippen molar-refractivity contribution in [3.05, 3.63) is 36.3 Å². The van der Waals surface area contributed by atoms with Gasteiger partial charge in [0, 0.05) is 18.9 Å². The van der Waals surface area contributed by atoms with E-state index in [4.69, 9.17) is 5.73 Å². The molecule has 0 fully saturated rings. The number of benzene rings is 1. The van der Waals surface area contributed by atoms with Gasteiger partial charge in [0.25, 0.3) is 0 Å². The van der Waals surface area contributed by atoms with Gasteiger partial charge < -0.3 is 10.3 Å². The second kappa shape index (κ2) is 3.82. The van der Waals surface area contributed by atoms with Crippen LogP contribution in [0, 0.1) is 0 Å². The smallest absolute Gasteiger partial charge is 0.116 e. The van der Waals surface area contributed by atoms with Gasteiger partial charge >= 0.3 is 0 Å². The number of hydrogen-bond acceptors (Lipinski definition) is 3. The Balaban J connectivity index is 2.48. The van der Waals surface area contributed by atoms with E-state index in [1.807, 2.05) is 19.2 Å². The number of aromatic nitrogens is 3. The standard InChI is InChI=1S/C13H14N4/c1-17-11-5-3-2-4-9(11)12-13(17)10(6-7-14)15-8-16-12/h2-5,8H,6-7,14H2,1H3. The van der Waals surface area contributed by atoms with E-state index in [2.05, 4.69) is 26.7 Å². The molecular formula is C13H14N4. The van der Waals surface area contributed by atoms with Crippen molar-refractivity contribution >= 4 is 21.9 Å². The molecular weight excluding hydrogens is 212 g/mol. The van der Waals surface area contributed by atoms with Crippen LogP contribution in [-0.2, 0) is 13.5 Å². The molecule has 0 saturated heterocycles. The van der Waals surface area contributed by atoms with Crippen molar-refractivity contribution < 1.29 is 0 Å². The summed E-state index contributed by atoms with van der Waals surface area (Å²) in [7, 11) is 2.05. The summed E-state index contributed by atoms with van der Waals surface area (Å²) >= 11 is 0. The molecule has 3 rings (SSSR count). The summed E-state index contributed by atoms with van der Waals surface area (Å²) < 4.78 is 2.15. The van der Waals surface area contributed by atoms with Gasteiger partial charge in [-0.25, -0.2) is 9.97 Å². The van der Waals surface area contributed by atoms with E-state index >= 15 is 0 Å². The van der Waals surface area contributed by atoms with Crippen molar-refractivity contribution in [3.63, 3.8) is 0 Å². The normalized spacial score (nSPS) is 11.4. The number of fused-ring (bicyclic) bond motifs is 3. The van der Waals surface area contributed by atoms with Gasteiger partial charge in [-0.15, -0.1) is 0 Å². The first-order valence-electron chi connectivity index (χ1n) is 5.70. The fraction of sp³-hybridized carbons (Fsp3) is 0.231. The van der Waals surface area contributed by atoms with E-state index in [9.17, 15) is 0 Å². The third-order valence-electron chi connectivity index (χ3n) is 3.14. The van der Waals surface area contributed by atoms with Gasteiger partial charge in [0.05, 0.1) is 22.2 Å². The molecule has 4 nitrogen and oxygen atoms in total. The molecule has 0 unspecified atom stereocenters. The largest absolute Gasteiger partial charge is 0.341 e. The monoisotopic (exact) mass is 226 g/mol. The molecule has 2 heterocycles. The average molecular weight is 226 g/mol. The van der Waals surface area contributed by atoms with Crippen molar-refractivity contribution in [1.82, 2.24) is 14.5 Å². The molecule has 0 bridgehead atoms. The van der Waals surface area contributed by atoms with Crippen LogP contribution in [0.4, 0.5) is 0 Å². The molecule has 1 aromatic carbocycles. The minimum absolute atomic E-state index is 0.605. The van der Waals surface area contributed by atoms with Crippen LogP contribution in [0.2, 0.25) is 0 Å². The van der Waals surface area contributed by atoms with Gasteiger partial charge in [-0.05, 0) is 12.6 Å². The lowest BCUT2D eigenvalue weighted by Gasteiger charge is -2.02. The molecule has 0 radical (unpaired) electrons. The van der Waals surface area contributed by atoms with Crippen molar-refractivity contribution in [1.29, 1.82) is 0 Å². The van der Waals surface area contributed by atoms with Crippen LogP contribution in [0.1, 0.15) is 5.69 Å². The summed E-state index contributed by atoms with van der Waals surface area (Å²) in [6, 6.07) is 8.27. The number of para-hydroxylation sites is 1. The van der Waals surface area contributed by atoms with Gasteiger partial charge in [-0.3, -0.25) is 0 Å². The summed E-state index contributed by atoms with van der Waals surface area (Å²) in [5.74, 6) is 0. The second-order valence-corrected chi connectivity index (χ2v) is 4.13. The maximum absolute atomic E-state index is 5.63. The first-order chi connectivity index (χ1) is 8.33. The molecule has 3 aromatic rings. The summed E-state index contributed by atoms with van der Waals surface area (Å²) in [6.07, 6.45) is 2.41. The Labute approximate surface area is 99.1 Å². The highest BCUT2D eigenvalue weighted by Crippen LogP contribution is 2.27. The van der Waals surface area contributed by atoms with Crippen LogP contribution >= 0.6 is 0 Å². The third kappa shape index (κ3) is 1.41. The van der Waals surface area contributed by atoms with Gasteiger partial charge in [0.1, 0.15) is 6.33 Å². The number of aryl methyl sites for hydroxylation is 1. The van der Waals surface area contributed by atoms with Gasteiger partial charge in [-0.1, -0.05) is 18.2 Å². The lowest BCUT2D eigenvalue weighted by Crippen LogP contribution is -2.06. The number of nitrogens with two attached hydrogens (primary N) is 1. The van der Waals surface area contributed by atoms with Crippen LogP contribution in [0.5, 0.6) is 0 Å². The molecule has 2 N–H and O–H groups in total. The Morgan fingerprint density at radius 1 is 1.24 bits per heavy atom. The molecule has 2 aromatic heterocycles. The second-order valence-electron chi connectivity index (χ2n) is 4.13. The molecule has 0 amide bonds. The van der Waals surface area contributed by atoms with E-state index in [0.717, 1.165) is 23.1 Å². The molecule has 0 aliphatic carbocycles. The van der Waals surface area contributed by atoms with Crippen LogP contribution in [0.3, 0.4) is 0 Å². The minimum atomic E-state index is 0.605. The van der Waals surface area contributed by atoms with Crippen molar-refractivity contribution in [2.75, 3.05) is 6.54 Å². The Bertz CT molecular complexity index is 684. The maximum atomic E-state index is 5.63. The van der Waals surface area contributed by atoms with Crippen LogP contribution in [0.25, 0.3) is 21.9 Å². The predicted octanol–water partition coefficient (Wildman–Crippen LogP) is 1.62. The maximum Gasteiger partial charge on any atom is 0.116 e. The predicted molar refractivity (Wildman–Crippen MR) is 68.8 cm³/mol. The number of hydrogen-bond donors (Lipinski definition) is 1. The lowest BCUT2D eigenvalue weighted by atomic mass is 10.2. The molecule has 0 aliphatic heterocycles. The van der Waals surface area contributed by atoms with Crippen molar-refractivity contribution in [2.45, 2.75) is 6.42 Å². The van der Waals surface area contributed by atoms with Gasteiger partial charge in [0.15, 0.2) is 0 Å². The van der Waals surface area contributed by atoms with Crippen LogP contribution < -0.4 is 5.73 Å². The highest BCUT2D eigenvalue weighted by molar-refractivity contribution is 6.06. The van der Waals surface area contributed by atoms with E-state index in [1.54, 1.807) is 6.33 Å². The Kier molecular flexibility index (Phi) is 2.30. The topological polar surface area (TPSA) is 56.7 Å². The highest BCUT2D eigenvalue weighted by atomic mass is 15.0. The Morgan fingerprint density at radius 2 is 2.06 bits per heavy atom. The average Bonchev–Trinajstić information content (AvgIpc) is 2.66. The minimum Gasteiger partial charge on any atom is -0.341 e. The molecule has 0 spiro atoms. The van der Waals surface area contributed by atoms with Gasteiger partial charge in [0.2, 0.25) is 0 Å². The molecule has 86 valence electrons. The van der Waals surface area contributed by atoms with Gasteiger partial charge in [-0.2, -0.15) is 0 Å². The summed E-state index contributed by atoms with van der Waals surface area (Å²) in [5, 5.41) is 1.17. The quantitative estimate of drug-likeness (QED) is 0.722. The molecule has 17 heavy (non-hydrogen) atoms. The zero-order valence-electron chi connectivity index (χ0n) is 9.72. The third-order valence-corrected chi connectivity index (χ3v) is 3.14. The van der Waals surface area contributed by atoms with Crippen molar-refractivity contribution in [3.8, 4) is 0 Å². The van der Waals surface area contributed by atoms with E-state index in [1.165, 1.54) is 10.9 Å². The molecule has 0 atom stereocenters. The summed E-state index contributed by atoms with van der Waals surface area (Å²) in [6.45, 7) is 0.605. The van der Waals surface area contributed by atoms with Crippen molar-refractivity contribution in [2.24, 2.45) is 12.8 Å². The fourth-order valence-electron chi connectivity index (χ4n) is 2.37. The molecule has 0 saturated carbocycles. The number of rotatable bonds is 2. The Morgan fingerprint density at radius 3 is 2.88 bits per heavy atom. The first-order valence-corrected chi connectivity index (χ1v) is 5.70. The zero-order chi connectivity index (χ0) is 11.8. The van der Waals surface area contributed by atoms with E-state index < -0.39 is 0 Å². The van der Waals surface area contributed by atoms with E-state index in [0.29, 0.717) is 6.54 Å². The van der Waals surface area contributed by atoms with Crippen LogP contribution in [0.15, 0.2) is 30.6 Å². The highest BCUT2D eigenvalue weighted by Gasteiger charge is 2.12. The van der Waals surface area contributed by atoms with E-state index in [-0.39, 0.29) is 0 Å². The summed E-state index contributed by atoms with van der Waals surface area (Å²) in [5.41, 5.74) is 9.94. The van der Waals surface area contributed by atoms with Crippen LogP contribution in [-0.4, -0.2) is 21.1 Å². The number of nitrogens with zero attached hydrogens (tertiary/aromatic N) is 3. The summed E-state index contributed by atoms with van der Waals surface area (Å²) in [4.78, 5) is 8.74. The Hall–Kier alpha value is -1.94. The molecule has 4 heteroatoms. The molecule has 0 aliphatic rings. The lowest BCUT2D eigenvalue weighted by molar-refractivity contribution is 0.901. The zero-order valence-corrected chi connectivity index (χ0v) is 9.72. The first kappa shape index (κ1) is 10.2.